The van der Waals surface area contributed by atoms with E-state index in [1.165, 1.54) is 0 Å². The van der Waals surface area contributed by atoms with Gasteiger partial charge in [-0.15, -0.1) is 0 Å². The minimum Gasteiger partial charge on any atom is -0.479 e. The molecule has 7 nitrogen and oxygen atoms in total. The average molecular weight is 411 g/mol. The van der Waals surface area contributed by atoms with Crippen LogP contribution in [0.15, 0.2) is 48.5 Å². The summed E-state index contributed by atoms with van der Waals surface area (Å²) in [6, 6.07) is 16.0. The number of carboxylic acid groups (broad SMARTS) is 1. The third-order valence-electron chi connectivity index (χ3n) is 6.11. The maximum absolute atomic E-state index is 13.0. The van der Waals surface area contributed by atoms with Crippen LogP contribution in [0.5, 0.6) is 0 Å². The van der Waals surface area contributed by atoms with Crippen molar-refractivity contribution in [1.82, 2.24) is 4.90 Å². The number of carbonyl (C=O) groups is 2. The lowest BCUT2D eigenvalue weighted by atomic mass is 9.88. The van der Waals surface area contributed by atoms with Crippen LogP contribution in [0.4, 0.5) is 4.79 Å². The van der Waals surface area contributed by atoms with Gasteiger partial charge in [-0.3, -0.25) is 4.90 Å². The summed E-state index contributed by atoms with van der Waals surface area (Å²) in [5.74, 6) is -1.22. The standard InChI is InChI=1S/C23H25NO6/c25-12-11-24(23(21(26)27)9-13-29-14-10-23)22(28)30-15-20-18-7-3-1-5-16(18)17-6-2-4-8-19(17)20/h1-8,20,25H,9-15H2,(H,26,27). The third-order valence-corrected chi connectivity index (χ3v) is 6.11. The monoisotopic (exact) mass is 411 g/mol. The molecule has 0 aromatic heterocycles. The van der Waals surface area contributed by atoms with Crippen LogP contribution in [-0.4, -0.2) is 65.7 Å². The number of rotatable bonds is 6. The van der Waals surface area contributed by atoms with Crippen molar-refractivity contribution in [2.45, 2.75) is 24.3 Å². The Labute approximate surface area is 174 Å². The second-order valence-electron chi connectivity index (χ2n) is 7.63. The molecule has 0 atom stereocenters. The first-order chi connectivity index (χ1) is 14.6. The van der Waals surface area contributed by atoms with Gasteiger partial charge in [0.25, 0.3) is 0 Å². The van der Waals surface area contributed by atoms with E-state index in [1.807, 2.05) is 36.4 Å². The van der Waals surface area contributed by atoms with Crippen molar-refractivity contribution in [2.24, 2.45) is 0 Å². The van der Waals surface area contributed by atoms with Gasteiger partial charge < -0.3 is 19.7 Å². The zero-order valence-electron chi connectivity index (χ0n) is 16.6. The Kier molecular flexibility index (Phi) is 5.74. The highest BCUT2D eigenvalue weighted by molar-refractivity contribution is 5.85. The predicted octanol–water partition coefficient (Wildman–Crippen LogP) is 2.86. The summed E-state index contributed by atoms with van der Waals surface area (Å²) in [7, 11) is 0. The molecule has 30 heavy (non-hydrogen) atoms. The van der Waals surface area contributed by atoms with Crippen molar-refractivity contribution >= 4 is 12.1 Å². The lowest BCUT2D eigenvalue weighted by Crippen LogP contribution is -2.60. The zero-order chi connectivity index (χ0) is 21.1. The normalized spacial score (nSPS) is 17.1. The van der Waals surface area contributed by atoms with E-state index in [4.69, 9.17) is 9.47 Å². The van der Waals surface area contributed by atoms with E-state index in [0.29, 0.717) is 0 Å². The fourth-order valence-corrected chi connectivity index (χ4v) is 4.56. The number of carboxylic acids is 1. The molecule has 0 bridgehead atoms. The van der Waals surface area contributed by atoms with Crippen molar-refractivity contribution in [3.8, 4) is 11.1 Å². The second kappa shape index (κ2) is 8.45. The lowest BCUT2D eigenvalue weighted by molar-refractivity contribution is -0.157. The number of nitrogens with zero attached hydrogens (tertiary/aromatic N) is 1. The first-order valence-electron chi connectivity index (χ1n) is 10.1. The molecular weight excluding hydrogens is 386 g/mol. The van der Waals surface area contributed by atoms with Crippen LogP contribution in [0.3, 0.4) is 0 Å². The minimum absolute atomic E-state index is 0.0982. The quantitative estimate of drug-likeness (QED) is 0.759. The van der Waals surface area contributed by atoms with Crippen molar-refractivity contribution in [3.63, 3.8) is 0 Å². The largest absolute Gasteiger partial charge is 0.479 e. The third kappa shape index (κ3) is 3.44. The molecule has 0 saturated carbocycles. The smallest absolute Gasteiger partial charge is 0.410 e. The number of aliphatic hydroxyl groups excluding tert-OH is 1. The fourth-order valence-electron chi connectivity index (χ4n) is 4.56. The van der Waals surface area contributed by atoms with E-state index in [9.17, 15) is 19.8 Å². The van der Waals surface area contributed by atoms with Gasteiger partial charge in [0.15, 0.2) is 0 Å². The average Bonchev–Trinajstić information content (AvgIpc) is 3.10. The Bertz CT molecular complexity index is 891. The van der Waals surface area contributed by atoms with Crippen LogP contribution in [0.25, 0.3) is 11.1 Å². The van der Waals surface area contributed by atoms with Gasteiger partial charge in [-0.1, -0.05) is 48.5 Å². The highest BCUT2D eigenvalue weighted by atomic mass is 16.6. The number of benzene rings is 2. The molecule has 2 aliphatic rings. The number of hydrogen-bond donors (Lipinski definition) is 2. The highest BCUT2D eigenvalue weighted by Crippen LogP contribution is 2.44. The Morgan fingerprint density at radius 1 is 1.03 bits per heavy atom. The molecule has 1 saturated heterocycles. The molecule has 1 fully saturated rings. The number of fused-ring (bicyclic) bond motifs is 3. The van der Waals surface area contributed by atoms with Crippen LogP contribution in [0.2, 0.25) is 0 Å². The molecular formula is C23H25NO6. The van der Waals surface area contributed by atoms with E-state index in [-0.39, 0.29) is 51.7 Å². The van der Waals surface area contributed by atoms with Gasteiger partial charge >= 0.3 is 12.1 Å². The zero-order valence-corrected chi connectivity index (χ0v) is 16.6. The molecule has 4 rings (SSSR count). The van der Waals surface area contributed by atoms with Crippen molar-refractivity contribution < 1.29 is 29.3 Å². The van der Waals surface area contributed by atoms with E-state index in [0.717, 1.165) is 27.2 Å². The van der Waals surface area contributed by atoms with Crippen LogP contribution in [-0.2, 0) is 14.3 Å². The number of aliphatic hydroxyl groups is 1. The molecule has 7 heteroatoms. The van der Waals surface area contributed by atoms with E-state index >= 15 is 0 Å². The van der Waals surface area contributed by atoms with Crippen molar-refractivity contribution in [1.29, 1.82) is 0 Å². The summed E-state index contributed by atoms with van der Waals surface area (Å²) < 4.78 is 11.0. The van der Waals surface area contributed by atoms with Crippen LogP contribution >= 0.6 is 0 Å². The molecule has 0 unspecified atom stereocenters. The van der Waals surface area contributed by atoms with Crippen LogP contribution in [0, 0.1) is 0 Å². The van der Waals surface area contributed by atoms with Gasteiger partial charge in [-0.25, -0.2) is 9.59 Å². The lowest BCUT2D eigenvalue weighted by Gasteiger charge is -2.42. The number of β-amino-alcohol motifs (C(OH)–C–C–N with tert-alkyl or cyclic N) is 1. The Morgan fingerprint density at radius 2 is 1.60 bits per heavy atom. The molecule has 2 N–H and O–H groups in total. The Hall–Kier alpha value is -2.90. The fraction of sp³-hybridized carbons (Fsp3) is 0.391. The predicted molar refractivity (Wildman–Crippen MR) is 109 cm³/mol. The molecule has 0 radical (unpaired) electrons. The summed E-state index contributed by atoms with van der Waals surface area (Å²) in [4.78, 5) is 26.3. The topological polar surface area (TPSA) is 96.3 Å². The second-order valence-corrected chi connectivity index (χ2v) is 7.63. The summed E-state index contributed by atoms with van der Waals surface area (Å²) in [6.45, 7) is 0.125. The van der Waals surface area contributed by atoms with Crippen molar-refractivity contribution in [2.75, 3.05) is 33.0 Å². The maximum atomic E-state index is 13.0. The number of carbonyl (C=O) groups excluding carboxylic acids is 1. The SMILES string of the molecule is O=C(OCC1c2ccccc2-c2ccccc21)N(CCO)C1(C(=O)O)CCOCC1. The number of ether oxygens (including phenoxy) is 2. The first kappa shape index (κ1) is 20.4. The van der Waals surface area contributed by atoms with Crippen LogP contribution in [0.1, 0.15) is 29.9 Å². The van der Waals surface area contributed by atoms with Gasteiger partial charge in [0.2, 0.25) is 0 Å². The van der Waals surface area contributed by atoms with Gasteiger partial charge in [-0.2, -0.15) is 0 Å². The number of amides is 1. The Morgan fingerprint density at radius 3 is 2.13 bits per heavy atom. The first-order valence-corrected chi connectivity index (χ1v) is 10.1. The molecule has 1 aliphatic heterocycles. The van der Waals surface area contributed by atoms with Gasteiger partial charge in [0, 0.05) is 38.5 Å². The molecule has 2 aromatic carbocycles. The van der Waals surface area contributed by atoms with E-state index < -0.39 is 17.6 Å². The van der Waals surface area contributed by atoms with Crippen molar-refractivity contribution in [3.05, 3.63) is 59.7 Å². The highest BCUT2D eigenvalue weighted by Gasteiger charge is 2.48. The van der Waals surface area contributed by atoms with Gasteiger partial charge in [-0.05, 0) is 22.3 Å². The summed E-state index contributed by atoms with van der Waals surface area (Å²) in [5.41, 5.74) is 2.97. The molecule has 2 aromatic rings. The van der Waals surface area contributed by atoms with E-state index in [2.05, 4.69) is 12.1 Å². The molecule has 0 spiro atoms. The minimum atomic E-state index is -1.43. The summed E-state index contributed by atoms with van der Waals surface area (Å²) >= 11 is 0. The summed E-state index contributed by atoms with van der Waals surface area (Å²) in [5, 5.41) is 19.4. The maximum Gasteiger partial charge on any atom is 0.410 e. The van der Waals surface area contributed by atoms with Gasteiger partial charge in [0.05, 0.1) is 6.61 Å². The van der Waals surface area contributed by atoms with Crippen LogP contribution < -0.4 is 0 Å². The number of aliphatic carboxylic acids is 1. The molecule has 1 heterocycles. The Balaban J connectivity index is 1.56. The van der Waals surface area contributed by atoms with E-state index in [1.54, 1.807) is 0 Å². The number of hydrogen-bond acceptors (Lipinski definition) is 5. The summed E-state index contributed by atoms with van der Waals surface area (Å²) in [6.07, 6.45) is -0.408. The van der Waals surface area contributed by atoms with Gasteiger partial charge in [0.1, 0.15) is 12.1 Å². The molecule has 158 valence electrons. The molecule has 1 amide bonds. The molecule has 1 aliphatic carbocycles.